The van der Waals surface area contributed by atoms with Crippen LogP contribution in [0, 0.1) is 0 Å². The van der Waals surface area contributed by atoms with Crippen LogP contribution in [0.1, 0.15) is 5.56 Å². The minimum atomic E-state index is 0.441. The van der Waals surface area contributed by atoms with E-state index in [4.69, 9.17) is 4.74 Å². The first kappa shape index (κ1) is 15.0. The number of anilines is 1. The molecule has 4 rings (SSSR count). The number of methoxy groups -OCH3 is 1. The molecule has 2 aromatic carbocycles. The van der Waals surface area contributed by atoms with Gasteiger partial charge in [-0.05, 0) is 42.3 Å². The average Bonchev–Trinajstić information content (AvgIpc) is 3.10. The van der Waals surface area contributed by atoms with E-state index in [2.05, 4.69) is 50.7 Å². The number of rotatable bonds is 4. The number of H-pyrrole nitrogens is 1. The minimum absolute atomic E-state index is 0.441. The molecule has 2 heterocycles. The van der Waals surface area contributed by atoms with Crippen LogP contribution in [0.3, 0.4) is 0 Å². The molecule has 1 fully saturated rings. The summed E-state index contributed by atoms with van der Waals surface area (Å²) in [5, 5.41) is 11.8. The smallest absolute Gasteiger partial charge is 0.118 e. The number of benzene rings is 2. The summed E-state index contributed by atoms with van der Waals surface area (Å²) in [7, 11) is 1.70. The van der Waals surface area contributed by atoms with Crippen LogP contribution in [0.25, 0.3) is 10.9 Å². The Morgan fingerprint density at radius 2 is 2.08 bits per heavy atom. The molecule has 0 radical (unpaired) electrons. The summed E-state index contributed by atoms with van der Waals surface area (Å²) >= 11 is 0. The second-order valence-electron chi connectivity index (χ2n) is 6.25. The van der Waals surface area contributed by atoms with E-state index >= 15 is 0 Å². The first-order valence-corrected chi connectivity index (χ1v) is 8.37. The summed E-state index contributed by atoms with van der Waals surface area (Å²) in [6, 6.07) is 15.4. The topological polar surface area (TPSA) is 53.2 Å². The third kappa shape index (κ3) is 2.95. The lowest BCUT2D eigenvalue weighted by Crippen LogP contribution is -2.52. The summed E-state index contributed by atoms with van der Waals surface area (Å²) in [5.41, 5.74) is 3.68. The molecule has 1 atom stereocenters. The fourth-order valence-corrected chi connectivity index (χ4v) is 3.43. The zero-order valence-electron chi connectivity index (χ0n) is 13.8. The SMILES string of the molecule is COc1ccc(CC2CNCCN2c2ccc3[nH]ncc3c2)cc1. The lowest BCUT2D eigenvalue weighted by molar-refractivity contribution is 0.414. The van der Waals surface area contributed by atoms with Crippen molar-refractivity contribution in [1.29, 1.82) is 0 Å². The van der Waals surface area contributed by atoms with Crippen molar-refractivity contribution in [2.24, 2.45) is 0 Å². The number of aromatic amines is 1. The zero-order valence-corrected chi connectivity index (χ0v) is 13.8. The van der Waals surface area contributed by atoms with Gasteiger partial charge in [-0.15, -0.1) is 0 Å². The van der Waals surface area contributed by atoms with Crippen LogP contribution < -0.4 is 15.0 Å². The maximum Gasteiger partial charge on any atom is 0.118 e. The lowest BCUT2D eigenvalue weighted by atomic mass is 10.0. The standard InChI is InChI=1S/C19H22N4O/c1-24-18-5-2-14(3-6-18)10-17-13-20-8-9-23(17)16-4-7-19-15(11-16)12-21-22-19/h2-7,11-12,17,20H,8-10,13H2,1H3,(H,21,22). The van der Waals surface area contributed by atoms with Crippen LogP contribution in [0.5, 0.6) is 5.75 Å². The van der Waals surface area contributed by atoms with Gasteiger partial charge in [-0.1, -0.05) is 12.1 Å². The number of fused-ring (bicyclic) bond motifs is 1. The van der Waals surface area contributed by atoms with E-state index in [1.807, 2.05) is 18.3 Å². The predicted octanol–water partition coefficient (Wildman–Crippen LogP) is 2.59. The summed E-state index contributed by atoms with van der Waals surface area (Å²) in [6.45, 7) is 3.03. The first-order chi connectivity index (χ1) is 11.8. The van der Waals surface area contributed by atoms with Crippen molar-refractivity contribution in [3.05, 3.63) is 54.2 Å². The largest absolute Gasteiger partial charge is 0.497 e. The summed E-state index contributed by atoms with van der Waals surface area (Å²) < 4.78 is 5.25. The predicted molar refractivity (Wildman–Crippen MR) is 96.8 cm³/mol. The second-order valence-corrected chi connectivity index (χ2v) is 6.25. The van der Waals surface area contributed by atoms with Gasteiger partial charge in [0.1, 0.15) is 5.75 Å². The highest BCUT2D eigenvalue weighted by Crippen LogP contribution is 2.25. The van der Waals surface area contributed by atoms with Gasteiger partial charge in [-0.2, -0.15) is 5.10 Å². The molecular formula is C19H22N4O. The molecule has 1 unspecified atom stereocenters. The van der Waals surface area contributed by atoms with E-state index in [-0.39, 0.29) is 0 Å². The average molecular weight is 322 g/mol. The fraction of sp³-hybridized carbons (Fsp3) is 0.316. The van der Waals surface area contributed by atoms with Gasteiger partial charge >= 0.3 is 0 Å². The van der Waals surface area contributed by atoms with Crippen molar-refractivity contribution in [2.75, 3.05) is 31.6 Å². The molecule has 0 spiro atoms. The Hall–Kier alpha value is -2.53. The Bertz CT molecular complexity index is 812. The van der Waals surface area contributed by atoms with Crippen LogP contribution in [-0.2, 0) is 6.42 Å². The molecule has 5 heteroatoms. The van der Waals surface area contributed by atoms with E-state index in [0.29, 0.717) is 6.04 Å². The maximum absolute atomic E-state index is 5.25. The minimum Gasteiger partial charge on any atom is -0.497 e. The van der Waals surface area contributed by atoms with E-state index < -0.39 is 0 Å². The number of ether oxygens (including phenoxy) is 1. The summed E-state index contributed by atoms with van der Waals surface area (Å²) in [4.78, 5) is 2.51. The Labute approximate surface area is 141 Å². The van der Waals surface area contributed by atoms with Crippen molar-refractivity contribution in [3.63, 3.8) is 0 Å². The van der Waals surface area contributed by atoms with Crippen LogP contribution in [0.2, 0.25) is 0 Å². The molecule has 1 aliphatic rings. The highest BCUT2D eigenvalue weighted by atomic mass is 16.5. The molecule has 3 aromatic rings. The van der Waals surface area contributed by atoms with Crippen LogP contribution in [0.15, 0.2) is 48.7 Å². The Kier molecular flexibility index (Phi) is 4.09. The molecule has 124 valence electrons. The molecule has 5 nitrogen and oxygen atoms in total. The highest BCUT2D eigenvalue weighted by Gasteiger charge is 2.23. The first-order valence-electron chi connectivity index (χ1n) is 8.37. The molecule has 0 amide bonds. The molecule has 0 aliphatic carbocycles. The number of piperazine rings is 1. The monoisotopic (exact) mass is 322 g/mol. The maximum atomic E-state index is 5.25. The fourth-order valence-electron chi connectivity index (χ4n) is 3.43. The summed E-state index contributed by atoms with van der Waals surface area (Å²) in [5.74, 6) is 0.905. The molecule has 2 N–H and O–H groups in total. The molecule has 1 saturated heterocycles. The lowest BCUT2D eigenvalue weighted by Gasteiger charge is -2.38. The number of hydrogen-bond donors (Lipinski definition) is 2. The van der Waals surface area contributed by atoms with Crippen LogP contribution >= 0.6 is 0 Å². The zero-order chi connectivity index (χ0) is 16.4. The normalized spacial score (nSPS) is 18.0. The van der Waals surface area contributed by atoms with Gasteiger partial charge in [0, 0.05) is 36.7 Å². The van der Waals surface area contributed by atoms with E-state index in [9.17, 15) is 0 Å². The highest BCUT2D eigenvalue weighted by molar-refractivity contribution is 5.82. The van der Waals surface area contributed by atoms with Gasteiger partial charge in [0.15, 0.2) is 0 Å². The molecule has 0 saturated carbocycles. The van der Waals surface area contributed by atoms with E-state index in [0.717, 1.165) is 42.7 Å². The van der Waals surface area contributed by atoms with Crippen molar-refractivity contribution in [2.45, 2.75) is 12.5 Å². The van der Waals surface area contributed by atoms with Gasteiger partial charge in [-0.25, -0.2) is 0 Å². The third-order valence-electron chi connectivity index (χ3n) is 4.74. The van der Waals surface area contributed by atoms with Gasteiger partial charge in [-0.3, -0.25) is 5.10 Å². The van der Waals surface area contributed by atoms with Gasteiger partial charge in [0.05, 0.1) is 18.8 Å². The van der Waals surface area contributed by atoms with Crippen molar-refractivity contribution in [3.8, 4) is 5.75 Å². The second kappa shape index (κ2) is 6.53. The van der Waals surface area contributed by atoms with Gasteiger partial charge < -0.3 is 15.0 Å². The van der Waals surface area contributed by atoms with E-state index in [1.165, 1.54) is 11.3 Å². The quantitative estimate of drug-likeness (QED) is 0.775. The van der Waals surface area contributed by atoms with Crippen molar-refractivity contribution >= 4 is 16.6 Å². The number of hydrogen-bond acceptors (Lipinski definition) is 4. The van der Waals surface area contributed by atoms with E-state index in [1.54, 1.807) is 7.11 Å². The molecule has 24 heavy (non-hydrogen) atoms. The number of nitrogens with zero attached hydrogens (tertiary/aromatic N) is 2. The van der Waals surface area contributed by atoms with Crippen LogP contribution in [0.4, 0.5) is 5.69 Å². The Balaban J connectivity index is 1.57. The van der Waals surface area contributed by atoms with Gasteiger partial charge in [0.2, 0.25) is 0 Å². The molecule has 0 bridgehead atoms. The van der Waals surface area contributed by atoms with Crippen molar-refractivity contribution < 1.29 is 4.74 Å². The Morgan fingerprint density at radius 3 is 2.92 bits per heavy atom. The molecule has 1 aliphatic heterocycles. The molecular weight excluding hydrogens is 300 g/mol. The Morgan fingerprint density at radius 1 is 1.21 bits per heavy atom. The van der Waals surface area contributed by atoms with Crippen molar-refractivity contribution in [1.82, 2.24) is 15.5 Å². The van der Waals surface area contributed by atoms with Crippen LogP contribution in [-0.4, -0.2) is 43.0 Å². The third-order valence-corrected chi connectivity index (χ3v) is 4.74. The number of aromatic nitrogens is 2. The number of nitrogens with one attached hydrogen (secondary N) is 2. The van der Waals surface area contributed by atoms with Gasteiger partial charge in [0.25, 0.3) is 0 Å². The molecule has 1 aromatic heterocycles. The summed E-state index contributed by atoms with van der Waals surface area (Å²) in [6.07, 6.45) is 2.90.